The van der Waals surface area contributed by atoms with E-state index >= 15 is 0 Å². The molecule has 0 atom stereocenters. The molecule has 0 saturated heterocycles. The molecule has 0 aliphatic rings. The summed E-state index contributed by atoms with van der Waals surface area (Å²) in [5.41, 5.74) is 1.09. The molecule has 0 aliphatic heterocycles. The molecule has 4 heteroatoms. The fourth-order valence-electron chi connectivity index (χ4n) is 1.40. The van der Waals surface area contributed by atoms with Gasteiger partial charge in [0.15, 0.2) is 0 Å². The van der Waals surface area contributed by atoms with E-state index in [-0.39, 0.29) is 11.7 Å². The standard InChI is InChI=1S/C13H20N2O2/c1-2-8-15-13(17)7-9-14-10-11-3-5-12(16)6-4-11/h3-6,14,16H,2,7-10H2,1H3,(H,15,17). The quantitative estimate of drug-likeness (QED) is 0.627. The van der Waals surface area contributed by atoms with Crippen molar-refractivity contribution >= 4 is 5.91 Å². The summed E-state index contributed by atoms with van der Waals surface area (Å²) in [4.78, 5) is 11.3. The molecule has 1 aromatic rings. The van der Waals surface area contributed by atoms with Crippen LogP contribution in [0.1, 0.15) is 25.3 Å². The van der Waals surface area contributed by atoms with E-state index < -0.39 is 0 Å². The van der Waals surface area contributed by atoms with Gasteiger partial charge in [0, 0.05) is 26.1 Å². The van der Waals surface area contributed by atoms with Crippen LogP contribution in [-0.4, -0.2) is 24.1 Å². The predicted octanol–water partition coefficient (Wildman–Crippen LogP) is 1.40. The van der Waals surface area contributed by atoms with Crippen molar-refractivity contribution in [1.82, 2.24) is 10.6 Å². The van der Waals surface area contributed by atoms with Crippen molar-refractivity contribution in [3.05, 3.63) is 29.8 Å². The zero-order chi connectivity index (χ0) is 12.5. The smallest absolute Gasteiger partial charge is 0.221 e. The highest BCUT2D eigenvalue weighted by Crippen LogP contribution is 2.08. The molecular weight excluding hydrogens is 216 g/mol. The zero-order valence-electron chi connectivity index (χ0n) is 10.2. The number of rotatable bonds is 7. The van der Waals surface area contributed by atoms with E-state index in [9.17, 15) is 4.79 Å². The molecule has 0 fully saturated rings. The summed E-state index contributed by atoms with van der Waals surface area (Å²) < 4.78 is 0. The number of carbonyl (C=O) groups is 1. The van der Waals surface area contributed by atoms with Gasteiger partial charge in [-0.2, -0.15) is 0 Å². The molecule has 0 unspecified atom stereocenters. The van der Waals surface area contributed by atoms with Crippen LogP contribution in [0.4, 0.5) is 0 Å². The minimum absolute atomic E-state index is 0.0880. The number of aromatic hydroxyl groups is 1. The Balaban J connectivity index is 2.11. The summed E-state index contributed by atoms with van der Waals surface area (Å²) in [6.45, 7) is 4.15. The number of nitrogens with one attached hydrogen (secondary N) is 2. The Morgan fingerprint density at radius 2 is 1.94 bits per heavy atom. The number of hydrogen-bond donors (Lipinski definition) is 3. The summed E-state index contributed by atoms with van der Waals surface area (Å²) in [5.74, 6) is 0.359. The number of phenolic OH excluding ortho intramolecular Hbond substituents is 1. The Morgan fingerprint density at radius 3 is 2.59 bits per heavy atom. The number of carbonyl (C=O) groups excluding carboxylic acids is 1. The molecule has 0 bridgehead atoms. The first-order valence-corrected chi connectivity index (χ1v) is 5.97. The lowest BCUT2D eigenvalue weighted by atomic mass is 10.2. The molecular formula is C13H20N2O2. The van der Waals surface area contributed by atoms with E-state index in [0.29, 0.717) is 19.5 Å². The van der Waals surface area contributed by atoms with Crippen molar-refractivity contribution in [2.24, 2.45) is 0 Å². The number of benzene rings is 1. The Morgan fingerprint density at radius 1 is 1.24 bits per heavy atom. The van der Waals surface area contributed by atoms with Gasteiger partial charge in [0.1, 0.15) is 5.75 Å². The van der Waals surface area contributed by atoms with E-state index in [2.05, 4.69) is 10.6 Å². The van der Waals surface area contributed by atoms with E-state index in [1.54, 1.807) is 12.1 Å². The zero-order valence-corrected chi connectivity index (χ0v) is 10.2. The highest BCUT2D eigenvalue weighted by atomic mass is 16.3. The van der Waals surface area contributed by atoms with Gasteiger partial charge in [-0.3, -0.25) is 4.79 Å². The third-order valence-electron chi connectivity index (χ3n) is 2.37. The van der Waals surface area contributed by atoms with Crippen LogP contribution in [0.2, 0.25) is 0 Å². The van der Waals surface area contributed by atoms with Crippen LogP contribution in [0.15, 0.2) is 24.3 Å². The van der Waals surface area contributed by atoms with Crippen LogP contribution >= 0.6 is 0 Å². The van der Waals surface area contributed by atoms with Crippen molar-refractivity contribution in [2.45, 2.75) is 26.3 Å². The normalized spacial score (nSPS) is 10.2. The summed E-state index contributed by atoms with van der Waals surface area (Å²) >= 11 is 0. The molecule has 0 aliphatic carbocycles. The van der Waals surface area contributed by atoms with E-state index in [0.717, 1.165) is 18.5 Å². The largest absolute Gasteiger partial charge is 0.508 e. The Hall–Kier alpha value is -1.55. The van der Waals surface area contributed by atoms with Gasteiger partial charge < -0.3 is 15.7 Å². The molecule has 1 rings (SSSR count). The van der Waals surface area contributed by atoms with Crippen LogP contribution < -0.4 is 10.6 Å². The van der Waals surface area contributed by atoms with Crippen LogP contribution in [-0.2, 0) is 11.3 Å². The van der Waals surface area contributed by atoms with Crippen molar-refractivity contribution in [3.63, 3.8) is 0 Å². The molecule has 4 nitrogen and oxygen atoms in total. The minimum Gasteiger partial charge on any atom is -0.508 e. The first-order chi connectivity index (χ1) is 8.22. The maximum Gasteiger partial charge on any atom is 0.221 e. The van der Waals surface area contributed by atoms with Crippen LogP contribution in [0, 0.1) is 0 Å². The molecule has 3 N–H and O–H groups in total. The molecule has 0 aromatic heterocycles. The summed E-state index contributed by atoms with van der Waals surface area (Å²) in [7, 11) is 0. The second kappa shape index (κ2) is 7.68. The maximum atomic E-state index is 11.3. The summed E-state index contributed by atoms with van der Waals surface area (Å²) in [6.07, 6.45) is 1.46. The van der Waals surface area contributed by atoms with Crippen molar-refractivity contribution in [1.29, 1.82) is 0 Å². The monoisotopic (exact) mass is 236 g/mol. The summed E-state index contributed by atoms with van der Waals surface area (Å²) in [6, 6.07) is 7.04. The second-order valence-corrected chi connectivity index (χ2v) is 3.94. The van der Waals surface area contributed by atoms with Crippen molar-refractivity contribution in [3.8, 4) is 5.75 Å². The Bertz CT molecular complexity index is 336. The van der Waals surface area contributed by atoms with Crippen LogP contribution in [0.3, 0.4) is 0 Å². The Labute approximate surface area is 102 Å². The van der Waals surface area contributed by atoms with Crippen molar-refractivity contribution < 1.29 is 9.90 Å². The molecule has 94 valence electrons. The molecule has 0 radical (unpaired) electrons. The third-order valence-corrected chi connectivity index (χ3v) is 2.37. The van der Waals surface area contributed by atoms with E-state index in [4.69, 9.17) is 5.11 Å². The lowest BCUT2D eigenvalue weighted by molar-refractivity contribution is -0.120. The van der Waals surface area contributed by atoms with Gasteiger partial charge in [-0.1, -0.05) is 19.1 Å². The lowest BCUT2D eigenvalue weighted by Crippen LogP contribution is -2.27. The van der Waals surface area contributed by atoms with E-state index in [1.165, 1.54) is 0 Å². The molecule has 0 saturated carbocycles. The third kappa shape index (κ3) is 5.92. The summed E-state index contributed by atoms with van der Waals surface area (Å²) in [5, 5.41) is 15.1. The van der Waals surface area contributed by atoms with Gasteiger partial charge in [-0.15, -0.1) is 0 Å². The van der Waals surface area contributed by atoms with Gasteiger partial charge in [-0.25, -0.2) is 0 Å². The van der Waals surface area contributed by atoms with Crippen molar-refractivity contribution in [2.75, 3.05) is 13.1 Å². The van der Waals surface area contributed by atoms with Gasteiger partial charge in [0.25, 0.3) is 0 Å². The van der Waals surface area contributed by atoms with Gasteiger partial charge >= 0.3 is 0 Å². The van der Waals surface area contributed by atoms with Gasteiger partial charge in [-0.05, 0) is 24.1 Å². The lowest BCUT2D eigenvalue weighted by Gasteiger charge is -2.05. The van der Waals surface area contributed by atoms with Crippen LogP contribution in [0.5, 0.6) is 5.75 Å². The average molecular weight is 236 g/mol. The highest BCUT2D eigenvalue weighted by Gasteiger charge is 1.99. The SMILES string of the molecule is CCCNC(=O)CCNCc1ccc(O)cc1. The first-order valence-electron chi connectivity index (χ1n) is 5.97. The first kappa shape index (κ1) is 13.5. The van der Waals surface area contributed by atoms with Crippen LogP contribution in [0.25, 0.3) is 0 Å². The molecule has 1 aromatic carbocycles. The number of phenols is 1. The molecule has 1 amide bonds. The van der Waals surface area contributed by atoms with E-state index in [1.807, 2.05) is 19.1 Å². The van der Waals surface area contributed by atoms with Gasteiger partial charge in [0.2, 0.25) is 5.91 Å². The average Bonchev–Trinajstić information content (AvgIpc) is 2.34. The fraction of sp³-hybridized carbons (Fsp3) is 0.462. The molecule has 0 spiro atoms. The fourth-order valence-corrected chi connectivity index (χ4v) is 1.40. The predicted molar refractivity (Wildman–Crippen MR) is 67.7 cm³/mol. The number of hydrogen-bond acceptors (Lipinski definition) is 3. The molecule has 0 heterocycles. The highest BCUT2D eigenvalue weighted by molar-refractivity contribution is 5.75. The Kier molecular flexibility index (Phi) is 6.10. The van der Waals surface area contributed by atoms with Gasteiger partial charge in [0.05, 0.1) is 0 Å². The minimum atomic E-state index is 0.0880. The maximum absolute atomic E-state index is 11.3. The topological polar surface area (TPSA) is 61.4 Å². The number of amides is 1. The molecule has 17 heavy (non-hydrogen) atoms. The second-order valence-electron chi connectivity index (χ2n) is 3.94.